The summed E-state index contributed by atoms with van der Waals surface area (Å²) in [6, 6.07) is 38.4. The van der Waals surface area contributed by atoms with Gasteiger partial charge in [-0.3, -0.25) is 0 Å². The zero-order chi connectivity index (χ0) is 22.5. The maximum absolute atomic E-state index is 13.8. The summed E-state index contributed by atoms with van der Waals surface area (Å²) >= 11 is 0. The van der Waals surface area contributed by atoms with Crippen LogP contribution < -0.4 is 15.9 Å². The fraction of sp³-hybridized carbons (Fsp3) is 0.0714. The Labute approximate surface area is 188 Å². The van der Waals surface area contributed by atoms with E-state index >= 15 is 0 Å². The van der Waals surface area contributed by atoms with E-state index in [4.69, 9.17) is 4.52 Å². The van der Waals surface area contributed by atoms with E-state index in [0.717, 1.165) is 15.9 Å². The Morgan fingerprint density at radius 2 is 0.938 bits per heavy atom. The van der Waals surface area contributed by atoms with Crippen molar-refractivity contribution in [1.82, 2.24) is 0 Å². The molecule has 3 nitrogen and oxygen atoms in total. The Hall–Kier alpha value is -3.55. The quantitative estimate of drug-likeness (QED) is 0.304. The molecule has 0 atom stereocenters. The summed E-state index contributed by atoms with van der Waals surface area (Å²) in [5.41, 5.74) is 0.594. The second kappa shape index (κ2) is 8.90. The van der Waals surface area contributed by atoms with Crippen LogP contribution in [-0.2, 0) is 9.32 Å². The standard InChI is InChI=1S/C28H25O3P/c1-23(29)31-32(25-16-8-3-9-17-25,26-18-10-4-11-19-26,27-20-12-5-13-21-27)22-28(30)24-14-6-2-7-15-24/h2-21H,22H2,1H3. The average molecular weight is 440 g/mol. The van der Waals surface area contributed by atoms with Crippen LogP contribution in [0.2, 0.25) is 0 Å². The normalized spacial score (nSPS) is 12.3. The molecule has 0 aliphatic carbocycles. The molecule has 4 aromatic carbocycles. The van der Waals surface area contributed by atoms with Gasteiger partial charge in [-0.05, 0) is 0 Å². The third kappa shape index (κ3) is 3.66. The van der Waals surface area contributed by atoms with Crippen molar-refractivity contribution in [2.24, 2.45) is 0 Å². The summed E-state index contributed by atoms with van der Waals surface area (Å²) in [6.45, 7) is -2.59. The molecule has 0 bridgehead atoms. The van der Waals surface area contributed by atoms with Crippen molar-refractivity contribution >= 4 is 34.5 Å². The van der Waals surface area contributed by atoms with Gasteiger partial charge in [0.05, 0.1) is 0 Å². The Bertz CT molecular complexity index is 1110. The van der Waals surface area contributed by atoms with Crippen LogP contribution in [0.15, 0.2) is 121 Å². The predicted octanol–water partition coefficient (Wildman–Crippen LogP) is 4.88. The van der Waals surface area contributed by atoms with Crippen LogP contribution >= 0.6 is 6.83 Å². The van der Waals surface area contributed by atoms with Crippen LogP contribution in [0, 0.1) is 0 Å². The van der Waals surface area contributed by atoms with Crippen molar-refractivity contribution in [2.75, 3.05) is 6.16 Å². The number of hydrogen-bond acceptors (Lipinski definition) is 3. The molecule has 0 aromatic heterocycles. The molecule has 0 fully saturated rings. The fourth-order valence-electron chi connectivity index (χ4n) is 4.41. The molecular weight excluding hydrogens is 415 g/mol. The molecule has 0 amide bonds. The number of benzene rings is 4. The minimum absolute atomic E-state index is 0.0488. The topological polar surface area (TPSA) is 43.4 Å². The van der Waals surface area contributed by atoms with E-state index in [0.29, 0.717) is 5.56 Å². The molecule has 160 valence electrons. The van der Waals surface area contributed by atoms with Crippen LogP contribution in [0.4, 0.5) is 0 Å². The van der Waals surface area contributed by atoms with Crippen molar-refractivity contribution in [3.8, 4) is 0 Å². The summed E-state index contributed by atoms with van der Waals surface area (Å²) in [6.07, 6.45) is 0.0488. The maximum atomic E-state index is 13.8. The molecule has 0 heterocycles. The van der Waals surface area contributed by atoms with Gasteiger partial charge in [-0.2, -0.15) is 0 Å². The zero-order valence-corrected chi connectivity index (χ0v) is 18.8. The van der Waals surface area contributed by atoms with E-state index in [2.05, 4.69) is 0 Å². The van der Waals surface area contributed by atoms with Crippen molar-refractivity contribution in [3.05, 3.63) is 127 Å². The number of carbonyl (C=O) groups excluding carboxylic acids is 2. The predicted molar refractivity (Wildman–Crippen MR) is 133 cm³/mol. The molecule has 0 aliphatic rings. The van der Waals surface area contributed by atoms with Gasteiger partial charge in [0.2, 0.25) is 0 Å². The first kappa shape index (κ1) is 21.7. The van der Waals surface area contributed by atoms with Gasteiger partial charge >= 0.3 is 189 Å². The first-order valence-corrected chi connectivity index (χ1v) is 12.9. The fourth-order valence-corrected chi connectivity index (χ4v) is 9.94. The second-order valence-electron chi connectivity index (χ2n) is 7.75. The number of ketones is 1. The molecule has 0 unspecified atom stereocenters. The molecule has 4 aromatic rings. The second-order valence-corrected chi connectivity index (χ2v) is 12.2. The number of rotatable bonds is 7. The third-order valence-corrected chi connectivity index (χ3v) is 11.5. The Morgan fingerprint density at radius 1 is 0.594 bits per heavy atom. The minimum atomic E-state index is -4.01. The summed E-state index contributed by atoms with van der Waals surface area (Å²) in [5.74, 6) is -0.485. The van der Waals surface area contributed by atoms with E-state index in [9.17, 15) is 9.59 Å². The summed E-state index contributed by atoms with van der Waals surface area (Å²) in [5, 5.41) is 2.53. The first-order valence-electron chi connectivity index (χ1n) is 10.5. The Kier molecular flexibility index (Phi) is 6.03. The SMILES string of the molecule is CC(=O)OP(CC(=O)c1ccccc1)(c1ccccc1)(c1ccccc1)c1ccccc1. The Morgan fingerprint density at radius 3 is 1.28 bits per heavy atom. The Balaban J connectivity index is 2.14. The van der Waals surface area contributed by atoms with Gasteiger partial charge in [-0.25, -0.2) is 0 Å². The zero-order valence-electron chi connectivity index (χ0n) is 17.9. The molecular formula is C28H25O3P. The van der Waals surface area contributed by atoms with Gasteiger partial charge in [0.25, 0.3) is 0 Å². The number of Topliss-reactive ketones (excluding diaryl/α,β-unsaturated/α-hetero) is 1. The van der Waals surface area contributed by atoms with Gasteiger partial charge in [0.1, 0.15) is 0 Å². The molecule has 32 heavy (non-hydrogen) atoms. The molecule has 0 spiro atoms. The average Bonchev–Trinajstić information content (AvgIpc) is 2.85. The molecule has 4 rings (SSSR count). The van der Waals surface area contributed by atoms with E-state index < -0.39 is 12.8 Å². The number of carbonyl (C=O) groups is 2. The summed E-state index contributed by atoms with van der Waals surface area (Å²) in [4.78, 5) is 26.6. The molecule has 0 saturated carbocycles. The van der Waals surface area contributed by atoms with E-state index in [1.165, 1.54) is 6.92 Å². The van der Waals surface area contributed by atoms with E-state index in [1.807, 2.05) is 121 Å². The number of hydrogen-bond donors (Lipinski definition) is 0. The van der Waals surface area contributed by atoms with Crippen molar-refractivity contribution in [2.45, 2.75) is 6.92 Å². The van der Waals surface area contributed by atoms with Crippen molar-refractivity contribution in [3.63, 3.8) is 0 Å². The molecule has 0 radical (unpaired) electrons. The van der Waals surface area contributed by atoms with Gasteiger partial charge in [0.15, 0.2) is 0 Å². The molecule has 4 heteroatoms. The van der Waals surface area contributed by atoms with E-state index in [1.54, 1.807) is 0 Å². The molecule has 0 N–H and O–H groups in total. The van der Waals surface area contributed by atoms with Crippen molar-refractivity contribution in [1.29, 1.82) is 0 Å². The molecule has 0 aliphatic heterocycles. The van der Waals surface area contributed by atoms with Gasteiger partial charge < -0.3 is 0 Å². The molecule has 0 saturated heterocycles. The van der Waals surface area contributed by atoms with Crippen LogP contribution in [0.5, 0.6) is 0 Å². The monoisotopic (exact) mass is 440 g/mol. The van der Waals surface area contributed by atoms with Crippen LogP contribution in [0.3, 0.4) is 0 Å². The van der Waals surface area contributed by atoms with Gasteiger partial charge in [0, 0.05) is 0 Å². The van der Waals surface area contributed by atoms with E-state index in [-0.39, 0.29) is 11.9 Å². The summed E-state index contributed by atoms with van der Waals surface area (Å²) in [7, 11) is 0. The van der Waals surface area contributed by atoms with Crippen LogP contribution in [-0.4, -0.2) is 17.9 Å². The van der Waals surface area contributed by atoms with Crippen molar-refractivity contribution < 1.29 is 14.1 Å². The van der Waals surface area contributed by atoms with Crippen LogP contribution in [0.1, 0.15) is 17.3 Å². The summed E-state index contributed by atoms with van der Waals surface area (Å²) < 4.78 is 6.55. The first-order chi connectivity index (χ1) is 15.6. The third-order valence-electron chi connectivity index (χ3n) is 5.78. The van der Waals surface area contributed by atoms with Gasteiger partial charge in [-0.1, -0.05) is 0 Å². The van der Waals surface area contributed by atoms with Crippen LogP contribution in [0.25, 0.3) is 0 Å². The van der Waals surface area contributed by atoms with Gasteiger partial charge in [-0.15, -0.1) is 0 Å².